The normalized spacial score (nSPS) is 12.7. The first-order chi connectivity index (χ1) is 11.8. The van der Waals surface area contributed by atoms with Crippen LogP contribution in [0.5, 0.6) is 0 Å². The fourth-order valence-corrected chi connectivity index (χ4v) is 3.66. The molecule has 0 radical (unpaired) electrons. The van der Waals surface area contributed by atoms with Crippen molar-refractivity contribution in [3.8, 4) is 0 Å². The molecule has 0 spiro atoms. The molecule has 2 N–H and O–H groups in total. The molecule has 4 rings (SSSR count). The summed E-state index contributed by atoms with van der Waals surface area (Å²) in [6, 6.07) is 8.94. The van der Waals surface area contributed by atoms with E-state index in [9.17, 15) is 4.79 Å². The summed E-state index contributed by atoms with van der Waals surface area (Å²) in [6.07, 6.45) is 6.60. The smallest absolute Gasteiger partial charge is 0.257 e. The van der Waals surface area contributed by atoms with Crippen molar-refractivity contribution in [2.75, 3.05) is 10.6 Å². The average molecular weight is 337 g/mol. The number of nitrogens with one attached hydrogen (secondary N) is 2. The lowest BCUT2D eigenvalue weighted by atomic mass is 10.2. The maximum atomic E-state index is 12.3. The number of rotatable bonds is 4. The van der Waals surface area contributed by atoms with Gasteiger partial charge in [0.15, 0.2) is 5.13 Å². The number of benzene rings is 1. The molecule has 1 aliphatic carbocycles. The molecule has 0 bridgehead atoms. The maximum Gasteiger partial charge on any atom is 0.257 e. The lowest BCUT2D eigenvalue weighted by Gasteiger charge is -2.06. The van der Waals surface area contributed by atoms with Crippen LogP contribution in [0.15, 0.2) is 42.7 Å². The van der Waals surface area contributed by atoms with Crippen LogP contribution in [-0.2, 0) is 12.8 Å². The number of carbonyl (C=O) groups is 1. The Morgan fingerprint density at radius 2 is 1.88 bits per heavy atom. The number of amides is 1. The van der Waals surface area contributed by atoms with E-state index in [-0.39, 0.29) is 5.91 Å². The van der Waals surface area contributed by atoms with Gasteiger partial charge in [-0.05, 0) is 49.6 Å². The number of aryl methyl sites for hydroxylation is 2. The lowest BCUT2D eigenvalue weighted by Crippen LogP contribution is -2.11. The van der Waals surface area contributed by atoms with Gasteiger partial charge in [-0.25, -0.2) is 15.0 Å². The number of hydrogen-bond donors (Lipinski definition) is 2. The van der Waals surface area contributed by atoms with E-state index in [1.165, 1.54) is 11.3 Å². The van der Waals surface area contributed by atoms with Crippen LogP contribution in [-0.4, -0.2) is 20.9 Å². The number of nitrogens with zero attached hydrogens (tertiary/aromatic N) is 3. The van der Waals surface area contributed by atoms with Crippen LogP contribution in [0.3, 0.4) is 0 Å². The third-order valence-electron chi connectivity index (χ3n) is 3.79. The summed E-state index contributed by atoms with van der Waals surface area (Å²) < 4.78 is 0. The van der Waals surface area contributed by atoms with E-state index in [4.69, 9.17) is 0 Å². The van der Waals surface area contributed by atoms with Gasteiger partial charge in [-0.15, -0.1) is 11.3 Å². The van der Waals surface area contributed by atoms with Gasteiger partial charge in [0, 0.05) is 28.5 Å². The van der Waals surface area contributed by atoms with Crippen molar-refractivity contribution >= 4 is 34.0 Å². The molecule has 0 saturated heterocycles. The van der Waals surface area contributed by atoms with Gasteiger partial charge in [0.25, 0.3) is 5.91 Å². The van der Waals surface area contributed by atoms with Crippen LogP contribution >= 0.6 is 11.3 Å². The molecule has 120 valence electrons. The highest BCUT2D eigenvalue weighted by molar-refractivity contribution is 7.16. The first-order valence-corrected chi connectivity index (χ1v) is 8.53. The minimum Gasteiger partial charge on any atom is -0.324 e. The Labute approximate surface area is 143 Å². The van der Waals surface area contributed by atoms with E-state index >= 15 is 0 Å². The molecule has 0 aliphatic heterocycles. The number of anilines is 3. The van der Waals surface area contributed by atoms with Crippen LogP contribution in [0.2, 0.25) is 0 Å². The van der Waals surface area contributed by atoms with Gasteiger partial charge in [-0.2, -0.15) is 0 Å². The topological polar surface area (TPSA) is 79.8 Å². The minimum atomic E-state index is -0.148. The molecule has 1 amide bonds. The van der Waals surface area contributed by atoms with Gasteiger partial charge in [0.05, 0.1) is 5.69 Å². The van der Waals surface area contributed by atoms with Gasteiger partial charge in [0.2, 0.25) is 5.95 Å². The van der Waals surface area contributed by atoms with Gasteiger partial charge < -0.3 is 5.32 Å². The Balaban J connectivity index is 1.43. The summed E-state index contributed by atoms with van der Waals surface area (Å²) in [5, 5.41) is 6.65. The summed E-state index contributed by atoms with van der Waals surface area (Å²) in [5.41, 5.74) is 2.55. The molecular formula is C17H15N5OS. The molecule has 0 atom stereocenters. The first-order valence-electron chi connectivity index (χ1n) is 7.72. The lowest BCUT2D eigenvalue weighted by molar-refractivity contribution is 0.102. The Hall–Kier alpha value is -2.80. The molecule has 6 nitrogen and oxygen atoms in total. The summed E-state index contributed by atoms with van der Waals surface area (Å²) in [4.78, 5) is 26.3. The van der Waals surface area contributed by atoms with E-state index < -0.39 is 0 Å². The molecule has 7 heteroatoms. The highest BCUT2D eigenvalue weighted by atomic mass is 32.1. The van der Waals surface area contributed by atoms with Crippen molar-refractivity contribution in [2.45, 2.75) is 19.3 Å². The predicted octanol–water partition coefficient (Wildman–Crippen LogP) is 3.42. The summed E-state index contributed by atoms with van der Waals surface area (Å²) in [6.45, 7) is 0. The highest BCUT2D eigenvalue weighted by Crippen LogP contribution is 2.30. The highest BCUT2D eigenvalue weighted by Gasteiger charge is 2.18. The quantitative estimate of drug-likeness (QED) is 0.762. The van der Waals surface area contributed by atoms with E-state index in [2.05, 4.69) is 25.6 Å². The van der Waals surface area contributed by atoms with Crippen molar-refractivity contribution in [2.24, 2.45) is 0 Å². The summed E-state index contributed by atoms with van der Waals surface area (Å²) in [5.74, 6) is 0.372. The zero-order valence-electron chi connectivity index (χ0n) is 12.8. The van der Waals surface area contributed by atoms with Crippen molar-refractivity contribution in [1.82, 2.24) is 15.0 Å². The Morgan fingerprint density at radius 3 is 2.62 bits per heavy atom. The number of carbonyl (C=O) groups excluding carboxylic acids is 1. The standard InChI is InChI=1S/C17H15N5OS/c23-15(22-17-21-13-3-1-4-14(13)24-17)11-5-7-12(8-6-11)20-16-18-9-2-10-19-16/h2,5-10H,1,3-4H2,(H,18,19,20)(H,21,22,23). The number of fused-ring (bicyclic) bond motifs is 1. The average Bonchev–Trinajstić information content (AvgIpc) is 3.18. The molecule has 0 unspecified atom stereocenters. The predicted molar refractivity (Wildman–Crippen MR) is 93.8 cm³/mol. The molecule has 1 aliphatic rings. The summed E-state index contributed by atoms with van der Waals surface area (Å²) in [7, 11) is 0. The van der Waals surface area contributed by atoms with Crippen molar-refractivity contribution in [3.63, 3.8) is 0 Å². The fourth-order valence-electron chi connectivity index (χ4n) is 2.61. The van der Waals surface area contributed by atoms with Crippen molar-refractivity contribution < 1.29 is 4.79 Å². The largest absolute Gasteiger partial charge is 0.324 e. The fraction of sp³-hybridized carbons (Fsp3) is 0.176. The third-order valence-corrected chi connectivity index (χ3v) is 4.86. The molecule has 2 heterocycles. The SMILES string of the molecule is O=C(Nc1nc2c(s1)CCC2)c1ccc(Nc2ncccn2)cc1. The second-order valence-electron chi connectivity index (χ2n) is 5.47. The van der Waals surface area contributed by atoms with Gasteiger partial charge in [-0.1, -0.05) is 0 Å². The number of hydrogen-bond acceptors (Lipinski definition) is 6. The monoisotopic (exact) mass is 337 g/mol. The van der Waals surface area contributed by atoms with E-state index in [0.29, 0.717) is 16.6 Å². The molecular weight excluding hydrogens is 322 g/mol. The van der Waals surface area contributed by atoms with Crippen LogP contribution < -0.4 is 10.6 Å². The molecule has 2 aromatic heterocycles. The Bertz CT molecular complexity index is 839. The van der Waals surface area contributed by atoms with E-state index in [1.807, 2.05) is 12.1 Å². The second kappa shape index (κ2) is 6.37. The number of aromatic nitrogens is 3. The van der Waals surface area contributed by atoms with Crippen LogP contribution in [0.1, 0.15) is 27.3 Å². The summed E-state index contributed by atoms with van der Waals surface area (Å²) >= 11 is 1.58. The van der Waals surface area contributed by atoms with Crippen LogP contribution in [0.4, 0.5) is 16.8 Å². The molecule has 3 aromatic rings. The van der Waals surface area contributed by atoms with Crippen molar-refractivity contribution in [3.05, 3.63) is 58.9 Å². The van der Waals surface area contributed by atoms with Gasteiger partial charge in [-0.3, -0.25) is 10.1 Å². The number of thiazole rings is 1. The Morgan fingerprint density at radius 1 is 1.08 bits per heavy atom. The minimum absolute atomic E-state index is 0.148. The molecule has 0 fully saturated rings. The molecule has 1 aromatic carbocycles. The zero-order chi connectivity index (χ0) is 16.4. The zero-order valence-corrected chi connectivity index (χ0v) is 13.6. The second-order valence-corrected chi connectivity index (χ2v) is 6.55. The maximum absolute atomic E-state index is 12.3. The van der Waals surface area contributed by atoms with E-state index in [1.54, 1.807) is 41.9 Å². The van der Waals surface area contributed by atoms with Gasteiger partial charge in [0.1, 0.15) is 0 Å². The molecule has 24 heavy (non-hydrogen) atoms. The third kappa shape index (κ3) is 3.11. The van der Waals surface area contributed by atoms with Crippen LogP contribution in [0, 0.1) is 0 Å². The van der Waals surface area contributed by atoms with Crippen molar-refractivity contribution in [1.29, 1.82) is 0 Å². The first kappa shape index (κ1) is 14.8. The van der Waals surface area contributed by atoms with Crippen LogP contribution in [0.25, 0.3) is 0 Å². The van der Waals surface area contributed by atoms with E-state index in [0.717, 1.165) is 24.2 Å². The Kier molecular flexibility index (Phi) is 3.92. The van der Waals surface area contributed by atoms with Gasteiger partial charge >= 0.3 is 0 Å². The molecule has 0 saturated carbocycles.